The SMILES string of the molecule is Cc1cc(C)c2nc(N3C(=O)C(=O)/C(=C(\O)c4ccc5c(c4)OCCO5)C3c3ccc([N+](=O)[O-])cc3)sc2c1. The Morgan fingerprint density at radius 1 is 1.05 bits per heavy atom. The van der Waals surface area contributed by atoms with Crippen LogP contribution in [0.2, 0.25) is 0 Å². The molecular formula is C28H21N3O7S. The lowest BCUT2D eigenvalue weighted by molar-refractivity contribution is -0.384. The molecule has 1 N–H and O–H groups in total. The average Bonchev–Trinajstić information content (AvgIpc) is 3.46. The molecule has 6 rings (SSSR count). The number of carbonyl (C=O) groups excluding carboxylic acids is 2. The summed E-state index contributed by atoms with van der Waals surface area (Å²) in [4.78, 5) is 43.7. The number of aliphatic hydroxyl groups excluding tert-OH is 1. The Kier molecular flexibility index (Phi) is 5.80. The van der Waals surface area contributed by atoms with Crippen molar-refractivity contribution in [2.75, 3.05) is 18.1 Å². The maximum absolute atomic E-state index is 13.5. The number of Topliss-reactive ketones (excluding diaryl/α,β-unsaturated/α-hetero) is 1. The summed E-state index contributed by atoms with van der Waals surface area (Å²) in [6.07, 6.45) is 0. The number of anilines is 1. The molecule has 0 radical (unpaired) electrons. The van der Waals surface area contributed by atoms with Crippen molar-refractivity contribution in [3.05, 3.63) is 92.5 Å². The average molecular weight is 544 g/mol. The zero-order chi connectivity index (χ0) is 27.4. The molecule has 39 heavy (non-hydrogen) atoms. The predicted octanol–water partition coefficient (Wildman–Crippen LogP) is 5.22. The monoisotopic (exact) mass is 543 g/mol. The molecule has 2 aliphatic rings. The number of amides is 1. The van der Waals surface area contributed by atoms with Crippen LogP contribution in [0.5, 0.6) is 11.5 Å². The van der Waals surface area contributed by atoms with Gasteiger partial charge in [0.05, 0.1) is 26.8 Å². The van der Waals surface area contributed by atoms with Crippen LogP contribution < -0.4 is 14.4 Å². The van der Waals surface area contributed by atoms with E-state index in [0.29, 0.717) is 35.8 Å². The lowest BCUT2D eigenvalue weighted by Gasteiger charge is -2.23. The molecule has 0 spiro atoms. The molecule has 2 aliphatic heterocycles. The summed E-state index contributed by atoms with van der Waals surface area (Å²) < 4.78 is 12.0. The molecule has 1 amide bonds. The number of ketones is 1. The number of aliphatic hydroxyl groups is 1. The van der Waals surface area contributed by atoms with Gasteiger partial charge in [-0.15, -0.1) is 0 Å². The Bertz CT molecular complexity index is 1730. The highest BCUT2D eigenvalue weighted by atomic mass is 32.1. The van der Waals surface area contributed by atoms with Crippen molar-refractivity contribution in [2.45, 2.75) is 19.9 Å². The van der Waals surface area contributed by atoms with E-state index in [4.69, 9.17) is 9.47 Å². The molecular weight excluding hydrogens is 522 g/mol. The number of nitro benzene ring substituents is 1. The normalized spacial score (nSPS) is 18.1. The van der Waals surface area contributed by atoms with Crippen molar-refractivity contribution in [3.63, 3.8) is 0 Å². The number of non-ortho nitro benzene ring substituents is 1. The Balaban J connectivity index is 1.55. The highest BCUT2D eigenvalue weighted by Crippen LogP contribution is 2.45. The maximum Gasteiger partial charge on any atom is 0.301 e. The van der Waals surface area contributed by atoms with Gasteiger partial charge in [-0.05, 0) is 66.9 Å². The third kappa shape index (κ3) is 4.07. The largest absolute Gasteiger partial charge is 0.507 e. The van der Waals surface area contributed by atoms with E-state index < -0.39 is 28.4 Å². The summed E-state index contributed by atoms with van der Waals surface area (Å²) in [6, 6.07) is 13.2. The van der Waals surface area contributed by atoms with Crippen LogP contribution in [0.25, 0.3) is 16.0 Å². The van der Waals surface area contributed by atoms with E-state index in [1.54, 1.807) is 18.2 Å². The minimum atomic E-state index is -1.07. The highest BCUT2D eigenvalue weighted by Gasteiger charge is 2.48. The smallest absolute Gasteiger partial charge is 0.301 e. The Morgan fingerprint density at radius 3 is 2.49 bits per heavy atom. The second-order valence-corrected chi connectivity index (χ2v) is 10.3. The second-order valence-electron chi connectivity index (χ2n) is 9.30. The van der Waals surface area contributed by atoms with Crippen molar-refractivity contribution in [3.8, 4) is 11.5 Å². The summed E-state index contributed by atoms with van der Waals surface area (Å²) in [5.74, 6) is -1.23. The van der Waals surface area contributed by atoms with Gasteiger partial charge >= 0.3 is 5.91 Å². The summed E-state index contributed by atoms with van der Waals surface area (Å²) in [7, 11) is 0. The molecule has 0 aliphatic carbocycles. The van der Waals surface area contributed by atoms with Crippen LogP contribution in [-0.4, -0.2) is 39.9 Å². The second kappa shape index (κ2) is 9.21. The van der Waals surface area contributed by atoms with Crippen LogP contribution in [0, 0.1) is 24.0 Å². The number of rotatable bonds is 4. The topological polar surface area (TPSA) is 132 Å². The number of aryl methyl sites for hydroxylation is 2. The predicted molar refractivity (Wildman–Crippen MR) is 144 cm³/mol. The van der Waals surface area contributed by atoms with E-state index in [1.165, 1.54) is 40.5 Å². The standard InChI is InChI=1S/C28H21N3O7S/c1-14-11-15(2)23-21(12-14)39-28(29-23)30-24(16-3-6-18(7-4-16)31(35)36)22(26(33)27(30)34)25(32)17-5-8-19-20(13-17)38-10-9-37-19/h3-8,11-13,24,32H,9-10H2,1-2H3/b25-22-. The number of carbonyl (C=O) groups is 2. The minimum Gasteiger partial charge on any atom is -0.507 e. The zero-order valence-corrected chi connectivity index (χ0v) is 21.7. The first kappa shape index (κ1) is 24.6. The van der Waals surface area contributed by atoms with Gasteiger partial charge in [-0.2, -0.15) is 0 Å². The highest BCUT2D eigenvalue weighted by molar-refractivity contribution is 7.22. The van der Waals surface area contributed by atoms with Crippen molar-refractivity contribution in [1.82, 2.24) is 4.98 Å². The van der Waals surface area contributed by atoms with Gasteiger partial charge < -0.3 is 14.6 Å². The number of thiazole rings is 1. The molecule has 3 aromatic carbocycles. The Morgan fingerprint density at radius 2 is 1.77 bits per heavy atom. The molecule has 1 unspecified atom stereocenters. The molecule has 0 saturated carbocycles. The first-order valence-corrected chi connectivity index (χ1v) is 12.9. The van der Waals surface area contributed by atoms with Gasteiger partial charge in [0.2, 0.25) is 0 Å². The fourth-order valence-corrected chi connectivity index (χ4v) is 6.10. The number of hydrogen-bond donors (Lipinski definition) is 1. The molecule has 4 aromatic rings. The summed E-state index contributed by atoms with van der Waals surface area (Å²) in [5.41, 5.74) is 3.03. The first-order chi connectivity index (χ1) is 18.7. The molecule has 196 valence electrons. The van der Waals surface area contributed by atoms with Gasteiger partial charge in [-0.1, -0.05) is 17.4 Å². The van der Waals surface area contributed by atoms with Gasteiger partial charge in [0.25, 0.3) is 11.5 Å². The van der Waals surface area contributed by atoms with Crippen LogP contribution in [0.3, 0.4) is 0 Å². The maximum atomic E-state index is 13.5. The van der Waals surface area contributed by atoms with Gasteiger partial charge in [0, 0.05) is 17.7 Å². The molecule has 1 fully saturated rings. The van der Waals surface area contributed by atoms with E-state index in [-0.39, 0.29) is 22.0 Å². The van der Waals surface area contributed by atoms with Crippen LogP contribution >= 0.6 is 11.3 Å². The van der Waals surface area contributed by atoms with Gasteiger partial charge in [-0.3, -0.25) is 24.6 Å². The molecule has 11 heteroatoms. The van der Waals surface area contributed by atoms with Crippen LogP contribution in [0.1, 0.15) is 28.3 Å². The van der Waals surface area contributed by atoms with Crippen LogP contribution in [-0.2, 0) is 9.59 Å². The fraction of sp³-hybridized carbons (Fsp3) is 0.179. The number of nitro groups is 1. The molecule has 1 atom stereocenters. The molecule has 10 nitrogen and oxygen atoms in total. The first-order valence-electron chi connectivity index (χ1n) is 12.1. The number of nitrogens with zero attached hydrogens (tertiary/aromatic N) is 3. The van der Waals surface area contributed by atoms with E-state index in [1.807, 2.05) is 26.0 Å². The number of fused-ring (bicyclic) bond motifs is 2. The Hall–Kier alpha value is -4.77. The summed E-state index contributed by atoms with van der Waals surface area (Å²) in [6.45, 7) is 4.61. The third-order valence-electron chi connectivity index (χ3n) is 6.70. The molecule has 3 heterocycles. The number of hydrogen-bond acceptors (Lipinski definition) is 9. The molecule has 0 bridgehead atoms. The lowest BCUT2D eigenvalue weighted by Crippen LogP contribution is -2.29. The van der Waals surface area contributed by atoms with E-state index in [0.717, 1.165) is 15.8 Å². The quantitative estimate of drug-likeness (QED) is 0.122. The summed E-state index contributed by atoms with van der Waals surface area (Å²) in [5, 5.41) is 23.0. The zero-order valence-electron chi connectivity index (χ0n) is 20.8. The number of benzene rings is 3. The van der Waals surface area contributed by atoms with Crippen LogP contribution in [0.4, 0.5) is 10.8 Å². The van der Waals surface area contributed by atoms with Gasteiger partial charge in [0.1, 0.15) is 19.0 Å². The summed E-state index contributed by atoms with van der Waals surface area (Å²) >= 11 is 1.26. The van der Waals surface area contributed by atoms with Gasteiger partial charge in [-0.25, -0.2) is 4.98 Å². The fourth-order valence-electron chi connectivity index (χ4n) is 4.93. The van der Waals surface area contributed by atoms with E-state index in [2.05, 4.69) is 4.98 Å². The lowest BCUT2D eigenvalue weighted by atomic mass is 9.95. The molecule has 1 aromatic heterocycles. The number of ether oxygens (including phenoxy) is 2. The van der Waals surface area contributed by atoms with Crippen LogP contribution in [0.15, 0.2) is 60.2 Å². The van der Waals surface area contributed by atoms with E-state index >= 15 is 0 Å². The van der Waals surface area contributed by atoms with Crippen molar-refractivity contribution < 1.29 is 29.1 Å². The van der Waals surface area contributed by atoms with E-state index in [9.17, 15) is 24.8 Å². The van der Waals surface area contributed by atoms with Gasteiger partial charge in [0.15, 0.2) is 16.6 Å². The van der Waals surface area contributed by atoms with Crippen molar-refractivity contribution in [2.24, 2.45) is 0 Å². The Labute approximate surface area is 225 Å². The minimum absolute atomic E-state index is 0.145. The number of aromatic nitrogens is 1. The third-order valence-corrected chi connectivity index (χ3v) is 7.71. The van der Waals surface area contributed by atoms with Crippen molar-refractivity contribution >= 4 is 49.8 Å². The molecule has 1 saturated heterocycles. The van der Waals surface area contributed by atoms with Crippen molar-refractivity contribution in [1.29, 1.82) is 0 Å².